The Morgan fingerprint density at radius 1 is 1.00 bits per heavy atom. The van der Waals surface area contributed by atoms with Crippen molar-refractivity contribution >= 4 is 0 Å². The Morgan fingerprint density at radius 3 is 2.16 bits per heavy atom. The van der Waals surface area contributed by atoms with Crippen LogP contribution in [0.1, 0.15) is 5.56 Å². The largest absolute Gasteiger partial charge is 0.497 e. The smallest absolute Gasteiger partial charge is 0.137 e. The van der Waals surface area contributed by atoms with Crippen molar-refractivity contribution in [2.24, 2.45) is 5.73 Å². The van der Waals surface area contributed by atoms with Crippen molar-refractivity contribution in [3.63, 3.8) is 0 Å². The van der Waals surface area contributed by atoms with Gasteiger partial charge in [-0.1, -0.05) is 6.07 Å². The van der Waals surface area contributed by atoms with Gasteiger partial charge in [0.25, 0.3) is 0 Å². The number of rotatable bonds is 3. The third-order valence-electron chi connectivity index (χ3n) is 2.81. The normalized spacial score (nSPS) is 10.6. The lowest BCUT2D eigenvalue weighted by atomic mass is 10.0. The van der Waals surface area contributed by atoms with E-state index in [0.717, 1.165) is 18.2 Å². The van der Waals surface area contributed by atoms with Crippen LogP contribution in [0.25, 0.3) is 11.1 Å². The number of methoxy groups -OCH3 is 1. The molecule has 0 atom stereocenters. The van der Waals surface area contributed by atoms with E-state index >= 15 is 0 Å². The van der Waals surface area contributed by atoms with E-state index in [2.05, 4.69) is 0 Å². The van der Waals surface area contributed by atoms with Gasteiger partial charge in [-0.15, -0.1) is 0 Å². The lowest BCUT2D eigenvalue weighted by Gasteiger charge is -2.09. The summed E-state index contributed by atoms with van der Waals surface area (Å²) in [6.45, 7) is -0.0426. The third kappa shape index (κ3) is 2.56. The second-order valence-corrected chi connectivity index (χ2v) is 3.98. The van der Waals surface area contributed by atoms with E-state index in [1.165, 1.54) is 19.2 Å². The molecule has 0 saturated heterocycles. The summed E-state index contributed by atoms with van der Waals surface area (Å²) in [6.07, 6.45) is 0. The molecule has 5 heteroatoms. The fourth-order valence-electron chi connectivity index (χ4n) is 1.83. The van der Waals surface area contributed by atoms with Crippen LogP contribution in [-0.2, 0) is 6.54 Å². The summed E-state index contributed by atoms with van der Waals surface area (Å²) in [5.41, 5.74) is 5.58. The number of nitrogens with two attached hydrogens (primary N) is 1. The van der Waals surface area contributed by atoms with Gasteiger partial charge in [-0.2, -0.15) is 0 Å². The summed E-state index contributed by atoms with van der Waals surface area (Å²) >= 11 is 0. The van der Waals surface area contributed by atoms with Gasteiger partial charge in [0.05, 0.1) is 12.7 Å². The van der Waals surface area contributed by atoms with Crippen LogP contribution in [-0.4, -0.2) is 7.11 Å². The van der Waals surface area contributed by atoms with Crippen molar-refractivity contribution in [1.29, 1.82) is 0 Å². The van der Waals surface area contributed by atoms with Crippen LogP contribution in [0, 0.1) is 17.5 Å². The van der Waals surface area contributed by atoms with E-state index in [9.17, 15) is 13.2 Å². The Labute approximate surface area is 108 Å². The summed E-state index contributed by atoms with van der Waals surface area (Å²) in [5.74, 6) is -1.96. The fourth-order valence-corrected chi connectivity index (χ4v) is 1.83. The van der Waals surface area contributed by atoms with Gasteiger partial charge in [0, 0.05) is 24.2 Å². The first kappa shape index (κ1) is 13.4. The summed E-state index contributed by atoms with van der Waals surface area (Å²) in [5, 5.41) is 0. The molecule has 0 aliphatic heterocycles. The lowest BCUT2D eigenvalue weighted by molar-refractivity contribution is 0.407. The summed E-state index contributed by atoms with van der Waals surface area (Å²) < 4.78 is 45.8. The van der Waals surface area contributed by atoms with Gasteiger partial charge < -0.3 is 10.5 Å². The maximum Gasteiger partial charge on any atom is 0.137 e. The SMILES string of the molecule is COc1cc(F)c(-c2ccc(F)c(CN)c2)c(F)c1. The monoisotopic (exact) mass is 267 g/mol. The molecule has 0 spiro atoms. The zero-order valence-corrected chi connectivity index (χ0v) is 10.2. The Bertz CT molecular complexity index is 591. The lowest BCUT2D eigenvalue weighted by Crippen LogP contribution is -2.01. The van der Waals surface area contributed by atoms with Crippen molar-refractivity contribution in [2.75, 3.05) is 7.11 Å². The Morgan fingerprint density at radius 2 is 1.63 bits per heavy atom. The molecule has 100 valence electrons. The molecule has 0 aliphatic rings. The number of ether oxygens (including phenoxy) is 1. The minimum absolute atomic E-state index is 0.0426. The van der Waals surface area contributed by atoms with Crippen LogP contribution >= 0.6 is 0 Å². The maximum absolute atomic E-state index is 13.9. The molecule has 0 bridgehead atoms. The molecular weight excluding hydrogens is 255 g/mol. The first-order chi connectivity index (χ1) is 9.06. The number of halogens is 3. The molecule has 0 aliphatic carbocycles. The Hall–Kier alpha value is -2.01. The number of hydrogen-bond acceptors (Lipinski definition) is 2. The fraction of sp³-hybridized carbons (Fsp3) is 0.143. The molecule has 2 aromatic rings. The molecule has 2 rings (SSSR count). The Balaban J connectivity index is 2.59. The minimum atomic E-state index is -0.772. The highest BCUT2D eigenvalue weighted by atomic mass is 19.1. The molecule has 0 unspecified atom stereocenters. The molecule has 0 amide bonds. The van der Waals surface area contributed by atoms with Crippen molar-refractivity contribution in [2.45, 2.75) is 6.54 Å². The average molecular weight is 267 g/mol. The van der Waals surface area contributed by atoms with Crippen LogP contribution < -0.4 is 10.5 Å². The van der Waals surface area contributed by atoms with Gasteiger partial charge in [-0.25, -0.2) is 13.2 Å². The van der Waals surface area contributed by atoms with Crippen molar-refractivity contribution in [3.05, 3.63) is 53.3 Å². The summed E-state index contributed by atoms with van der Waals surface area (Å²) in [6, 6.07) is 5.93. The quantitative estimate of drug-likeness (QED) is 0.926. The van der Waals surface area contributed by atoms with Gasteiger partial charge in [0.2, 0.25) is 0 Å². The highest BCUT2D eigenvalue weighted by Gasteiger charge is 2.15. The first-order valence-corrected chi connectivity index (χ1v) is 5.58. The average Bonchev–Trinajstić information content (AvgIpc) is 2.39. The zero-order chi connectivity index (χ0) is 14.0. The van der Waals surface area contributed by atoms with E-state index < -0.39 is 17.5 Å². The number of hydrogen-bond donors (Lipinski definition) is 1. The molecule has 0 radical (unpaired) electrons. The van der Waals surface area contributed by atoms with Crippen LogP contribution in [0.5, 0.6) is 5.75 Å². The van der Waals surface area contributed by atoms with Gasteiger partial charge in [-0.3, -0.25) is 0 Å². The predicted molar refractivity (Wildman–Crippen MR) is 66.2 cm³/mol. The summed E-state index contributed by atoms with van der Waals surface area (Å²) in [4.78, 5) is 0. The van der Waals surface area contributed by atoms with Crippen molar-refractivity contribution < 1.29 is 17.9 Å². The van der Waals surface area contributed by atoms with E-state index in [4.69, 9.17) is 10.5 Å². The van der Waals surface area contributed by atoms with E-state index in [-0.39, 0.29) is 29.0 Å². The van der Waals surface area contributed by atoms with Gasteiger partial charge >= 0.3 is 0 Å². The zero-order valence-electron chi connectivity index (χ0n) is 10.2. The molecule has 2 N–H and O–H groups in total. The molecule has 0 heterocycles. The topological polar surface area (TPSA) is 35.2 Å². The Kier molecular flexibility index (Phi) is 3.76. The molecular formula is C14H12F3NO. The molecule has 0 fully saturated rings. The molecule has 2 nitrogen and oxygen atoms in total. The standard InChI is InChI=1S/C14H12F3NO/c1-19-10-5-12(16)14(13(17)6-10)8-2-3-11(15)9(4-8)7-18/h2-6H,7,18H2,1H3. The predicted octanol–water partition coefficient (Wildman–Crippen LogP) is 3.24. The van der Waals surface area contributed by atoms with E-state index in [0.29, 0.717) is 0 Å². The van der Waals surface area contributed by atoms with Gasteiger partial charge in [-0.05, 0) is 17.7 Å². The van der Waals surface area contributed by atoms with Crippen LogP contribution in [0.4, 0.5) is 13.2 Å². The molecule has 0 saturated carbocycles. The van der Waals surface area contributed by atoms with Crippen LogP contribution in [0.15, 0.2) is 30.3 Å². The highest BCUT2D eigenvalue weighted by Crippen LogP contribution is 2.30. The van der Waals surface area contributed by atoms with Crippen molar-refractivity contribution in [1.82, 2.24) is 0 Å². The molecule has 19 heavy (non-hydrogen) atoms. The molecule has 2 aromatic carbocycles. The second-order valence-electron chi connectivity index (χ2n) is 3.98. The van der Waals surface area contributed by atoms with Gasteiger partial charge in [0.1, 0.15) is 23.2 Å². The molecule has 0 aromatic heterocycles. The van der Waals surface area contributed by atoms with Gasteiger partial charge in [0.15, 0.2) is 0 Å². The van der Waals surface area contributed by atoms with E-state index in [1.54, 1.807) is 0 Å². The second kappa shape index (κ2) is 5.32. The summed E-state index contributed by atoms with van der Waals surface area (Å²) in [7, 11) is 1.32. The minimum Gasteiger partial charge on any atom is -0.497 e. The number of benzene rings is 2. The maximum atomic E-state index is 13.9. The highest BCUT2D eigenvalue weighted by molar-refractivity contribution is 5.66. The van der Waals surface area contributed by atoms with Crippen LogP contribution in [0.3, 0.4) is 0 Å². The van der Waals surface area contributed by atoms with Crippen LogP contribution in [0.2, 0.25) is 0 Å². The third-order valence-corrected chi connectivity index (χ3v) is 2.81. The first-order valence-electron chi connectivity index (χ1n) is 5.58. The van der Waals surface area contributed by atoms with Crippen molar-refractivity contribution in [3.8, 4) is 16.9 Å². The van der Waals surface area contributed by atoms with E-state index in [1.807, 2.05) is 0 Å².